The molecule has 456 valence electrons. The minimum Gasteiger partial charge on any atom is -0.478 e. The molecule has 23 nitrogen and oxygen atoms in total. The standard InChI is InChI=1S/C30H28BrF2N7O5.C29H26ClFN6O5S/c1-37-8-7-34-27(37)26-35-22(24(29(43)45-2)25(36-26)19-5-4-17(32)12-20(19)31)15-38-9-10-39-18(13-38)14-40(30(39)44)23-6-3-16(28(41)42)11-21(23)33;1-42-28(40)23-21(33-25(26-32-8-11-43-26)34-24(23)18-4-2-3-5-19(18)30)15-35-9-10-36-17(13-35)14-37(29(36)41)22-7-6-16(27(38)39)12-20(22)31/h3-8,11-12,18,25H,9-10,13-15H2,1-2H3,(H,35,36)(H,41,42);2-8,11-12,17,24H,9-10,13-15H2,1H3,(H,33,34)(H,38,39)/t18-,25-;17-,24-/m00/s1. The number of amides is 4. The van der Waals surface area contributed by atoms with Gasteiger partial charge in [0.05, 0.1) is 60.0 Å². The van der Waals surface area contributed by atoms with Gasteiger partial charge in [0.25, 0.3) is 0 Å². The topological polar surface area (TPSA) is 260 Å². The Morgan fingerprint density at radius 2 is 1.22 bits per heavy atom. The lowest BCUT2D eigenvalue weighted by Gasteiger charge is -2.38. The minimum atomic E-state index is -1.26. The van der Waals surface area contributed by atoms with Crippen LogP contribution in [0.2, 0.25) is 5.02 Å². The second-order valence-corrected chi connectivity index (χ2v) is 23.2. The number of benzene rings is 4. The molecule has 0 radical (unpaired) electrons. The average Bonchev–Trinajstić information content (AvgIpc) is 1.41. The first-order valence-electron chi connectivity index (χ1n) is 27.4. The summed E-state index contributed by atoms with van der Waals surface area (Å²) in [5.41, 5.74) is 2.52. The zero-order valence-electron chi connectivity index (χ0n) is 47.1. The number of imidazole rings is 1. The highest BCUT2D eigenvalue weighted by Crippen LogP contribution is 2.40. The molecule has 0 aliphatic carbocycles. The van der Waals surface area contributed by atoms with Gasteiger partial charge in [-0.2, -0.15) is 0 Å². The normalized spacial score (nSPS) is 20.4. The van der Waals surface area contributed by atoms with E-state index in [2.05, 4.69) is 46.3 Å². The third-order valence-electron chi connectivity index (χ3n) is 15.8. The van der Waals surface area contributed by atoms with Crippen molar-refractivity contribution < 1.29 is 61.6 Å². The molecule has 12 rings (SSSR count). The van der Waals surface area contributed by atoms with Crippen molar-refractivity contribution in [2.24, 2.45) is 17.0 Å². The Hall–Kier alpha value is -8.96. The third kappa shape index (κ3) is 12.1. The van der Waals surface area contributed by atoms with Gasteiger partial charge in [0.1, 0.15) is 29.5 Å². The van der Waals surface area contributed by atoms with Crippen molar-refractivity contribution in [3.63, 3.8) is 0 Å². The summed E-state index contributed by atoms with van der Waals surface area (Å²) in [6.07, 6.45) is 5.07. The number of rotatable bonds is 14. The Bertz CT molecular complexity index is 3940. The van der Waals surface area contributed by atoms with Crippen molar-refractivity contribution in [2.75, 3.05) is 89.5 Å². The summed E-state index contributed by atoms with van der Waals surface area (Å²) in [6.45, 7) is 3.54. The van der Waals surface area contributed by atoms with E-state index in [1.54, 1.807) is 51.2 Å². The second kappa shape index (κ2) is 25.4. The maximum absolute atomic E-state index is 14.9. The van der Waals surface area contributed by atoms with Crippen LogP contribution in [0, 0.1) is 17.5 Å². The van der Waals surface area contributed by atoms with Crippen LogP contribution in [0.5, 0.6) is 0 Å². The largest absolute Gasteiger partial charge is 0.478 e. The minimum absolute atomic E-state index is 0.0132. The molecule has 88 heavy (non-hydrogen) atoms. The van der Waals surface area contributed by atoms with E-state index in [0.29, 0.717) is 106 Å². The summed E-state index contributed by atoms with van der Waals surface area (Å²) in [6, 6.07) is 15.5. The SMILES string of the molecule is COC(=O)C1=C(CN2CCN3C(=O)N(c4ccc(C(=O)O)cc4F)C[C@@H]3C2)NC(c2nccn2C)=N[C@H]1c1ccc(F)cc1Br.COC(=O)C1=C(CN2CCN3C(=O)N(c4ccc(C(=O)O)cc4F)C[C@@H]3C2)NC(c2nccs2)=N[C@H]1c1ccccc1Cl. The van der Waals surface area contributed by atoms with Crippen molar-refractivity contribution in [1.29, 1.82) is 0 Å². The van der Waals surface area contributed by atoms with Gasteiger partial charge >= 0.3 is 35.9 Å². The molecule has 4 fully saturated rings. The van der Waals surface area contributed by atoms with E-state index in [1.807, 2.05) is 24.6 Å². The summed E-state index contributed by atoms with van der Waals surface area (Å²) in [7, 11) is 4.41. The first-order valence-corrected chi connectivity index (χ1v) is 29.4. The molecule has 0 spiro atoms. The predicted octanol–water partition coefficient (Wildman–Crippen LogP) is 7.08. The van der Waals surface area contributed by atoms with Gasteiger partial charge in [0.15, 0.2) is 22.5 Å². The van der Waals surface area contributed by atoms with Gasteiger partial charge in [-0.1, -0.05) is 51.8 Å². The van der Waals surface area contributed by atoms with Gasteiger partial charge < -0.3 is 44.7 Å². The number of aromatic nitrogens is 3. The Balaban J connectivity index is 0.000000182. The molecule has 2 aromatic heterocycles. The number of carbonyl (C=O) groups is 6. The summed E-state index contributed by atoms with van der Waals surface area (Å²) in [5.74, 6) is -4.24. The molecule has 4 amide bonds. The number of esters is 2. The van der Waals surface area contributed by atoms with Crippen LogP contribution >= 0.6 is 38.9 Å². The maximum atomic E-state index is 14.9. The molecular formula is C59H54BrClF3N13O10S. The van der Waals surface area contributed by atoms with Gasteiger partial charge in [-0.15, -0.1) is 11.3 Å². The van der Waals surface area contributed by atoms with Crippen LogP contribution in [0.3, 0.4) is 0 Å². The molecule has 0 saturated carbocycles. The van der Waals surface area contributed by atoms with E-state index in [9.17, 15) is 47.0 Å². The molecule has 4 aromatic carbocycles. The lowest BCUT2D eigenvalue weighted by atomic mass is 9.95. The van der Waals surface area contributed by atoms with Crippen LogP contribution in [-0.4, -0.2) is 184 Å². The molecule has 4 saturated heterocycles. The number of aromatic carboxylic acids is 2. The third-order valence-corrected chi connectivity index (χ3v) is 17.6. The van der Waals surface area contributed by atoms with Crippen LogP contribution in [0.15, 0.2) is 140 Å². The lowest BCUT2D eigenvalue weighted by molar-refractivity contribution is -0.137. The number of halogens is 5. The van der Waals surface area contributed by atoms with Crippen molar-refractivity contribution >= 4 is 97.9 Å². The Morgan fingerprint density at radius 3 is 1.69 bits per heavy atom. The number of carboxylic acids is 2. The Kier molecular flexibility index (Phi) is 17.5. The number of urea groups is 2. The number of fused-ring (bicyclic) bond motifs is 2. The monoisotopic (exact) mass is 1310 g/mol. The summed E-state index contributed by atoms with van der Waals surface area (Å²) >= 11 is 11.4. The number of hydrogen-bond donors (Lipinski definition) is 4. The number of ether oxygens (including phenoxy) is 2. The fraction of sp³-hybridized carbons (Fsp3) is 0.288. The van der Waals surface area contributed by atoms with Gasteiger partial charge in [-0.05, 0) is 60.2 Å². The van der Waals surface area contributed by atoms with Crippen molar-refractivity contribution in [3.8, 4) is 0 Å². The van der Waals surface area contributed by atoms with E-state index in [1.165, 1.54) is 71.8 Å². The number of aliphatic imine (C=N–C) groups is 2. The highest BCUT2D eigenvalue weighted by molar-refractivity contribution is 9.10. The number of carbonyl (C=O) groups excluding carboxylic acids is 4. The predicted molar refractivity (Wildman–Crippen MR) is 320 cm³/mol. The van der Waals surface area contributed by atoms with E-state index in [-0.39, 0.29) is 71.9 Å². The number of piperazine rings is 2. The van der Waals surface area contributed by atoms with E-state index < -0.39 is 53.4 Å². The zero-order chi connectivity index (χ0) is 62.2. The van der Waals surface area contributed by atoms with Gasteiger partial charge in [-0.25, -0.2) is 51.9 Å². The molecule has 6 aromatic rings. The lowest BCUT2D eigenvalue weighted by Crippen LogP contribution is -2.53. The number of methoxy groups -OCH3 is 2. The number of nitrogens with zero attached hydrogens (tertiary/aromatic N) is 11. The number of nitrogens with one attached hydrogen (secondary N) is 2. The van der Waals surface area contributed by atoms with Gasteiger partial charge in [0, 0.05) is 123 Å². The zero-order valence-corrected chi connectivity index (χ0v) is 50.2. The maximum Gasteiger partial charge on any atom is 0.338 e. The van der Waals surface area contributed by atoms with Crippen molar-refractivity contribution in [1.82, 2.24) is 44.8 Å². The number of hydrogen-bond acceptors (Lipinski definition) is 17. The van der Waals surface area contributed by atoms with Crippen LogP contribution in [0.25, 0.3) is 0 Å². The number of aryl methyl sites for hydroxylation is 1. The molecule has 0 bridgehead atoms. The van der Waals surface area contributed by atoms with Crippen LogP contribution in [0.4, 0.5) is 34.1 Å². The fourth-order valence-electron chi connectivity index (χ4n) is 11.6. The number of carboxylic acid groups (broad SMARTS) is 2. The highest BCUT2D eigenvalue weighted by Gasteiger charge is 2.45. The number of thiazole rings is 1. The number of anilines is 2. The average molecular weight is 1310 g/mol. The Morgan fingerprint density at radius 1 is 0.682 bits per heavy atom. The van der Waals surface area contributed by atoms with E-state index in [4.69, 9.17) is 36.2 Å². The van der Waals surface area contributed by atoms with Crippen molar-refractivity contribution in [2.45, 2.75) is 24.2 Å². The second-order valence-electron chi connectivity index (χ2n) is 21.1. The molecule has 4 N–H and O–H groups in total. The highest BCUT2D eigenvalue weighted by atomic mass is 79.9. The van der Waals surface area contributed by atoms with Crippen LogP contribution in [-0.2, 0) is 26.1 Å². The smallest absolute Gasteiger partial charge is 0.338 e. The summed E-state index contributed by atoms with van der Waals surface area (Å²) in [5, 5.41) is 27.9. The summed E-state index contributed by atoms with van der Waals surface area (Å²) in [4.78, 5) is 104. The quantitative estimate of drug-likeness (QED) is 0.0794. The molecule has 6 aliphatic heterocycles. The molecule has 4 atom stereocenters. The first-order chi connectivity index (χ1) is 42.3. The van der Waals surface area contributed by atoms with E-state index in [0.717, 1.165) is 12.1 Å². The Labute approximate surface area is 517 Å². The molecular weight excluding hydrogens is 1260 g/mol. The van der Waals surface area contributed by atoms with Crippen molar-refractivity contribution in [3.05, 3.63) is 185 Å². The molecule has 0 unspecified atom stereocenters. The molecule has 6 aliphatic rings. The fourth-order valence-corrected chi connectivity index (χ4v) is 13.0. The van der Waals surface area contributed by atoms with Crippen LogP contribution in [0.1, 0.15) is 54.8 Å². The summed E-state index contributed by atoms with van der Waals surface area (Å²) < 4.78 is 56.3. The van der Waals surface area contributed by atoms with Gasteiger partial charge in [0.2, 0.25) is 0 Å². The van der Waals surface area contributed by atoms with Crippen LogP contribution < -0.4 is 20.4 Å². The van der Waals surface area contributed by atoms with Gasteiger partial charge in [-0.3, -0.25) is 29.6 Å². The van der Waals surface area contributed by atoms with E-state index >= 15 is 0 Å². The number of amidine groups is 2. The first kappa shape index (κ1) is 60.7. The molecule has 8 heterocycles. The molecule has 29 heteroatoms.